The first-order valence-corrected chi connectivity index (χ1v) is 8.96. The number of benzene rings is 2. The van der Waals surface area contributed by atoms with Gasteiger partial charge in [0.05, 0.1) is 10.6 Å². The molecular weight excluding hydrogens is 425 g/mol. The monoisotopic (exact) mass is 435 g/mol. The summed E-state index contributed by atoms with van der Waals surface area (Å²) in [7, 11) is 0. The molecule has 1 amide bonds. The number of amides is 1. The number of ether oxygens (including phenoxy) is 1. The number of halogens is 6. The first-order chi connectivity index (χ1) is 13.1. The Labute approximate surface area is 164 Å². The van der Waals surface area contributed by atoms with Gasteiger partial charge in [-0.2, -0.15) is 22.0 Å². The Hall–Kier alpha value is -2.39. The zero-order chi connectivity index (χ0) is 20.5. The number of thiophene rings is 1. The number of hydrogen-bond donors (Lipinski definition) is 1. The van der Waals surface area contributed by atoms with Crippen LogP contribution in [0.2, 0.25) is 5.02 Å². The molecule has 3 rings (SSSR count). The van der Waals surface area contributed by atoms with Crippen LogP contribution in [0.1, 0.15) is 20.8 Å². The molecule has 10 heteroatoms. The summed E-state index contributed by atoms with van der Waals surface area (Å²) in [6.45, 7) is -2.97. The summed E-state index contributed by atoms with van der Waals surface area (Å²) in [5.41, 5.74) is -0.330. The van der Waals surface area contributed by atoms with E-state index in [1.165, 1.54) is 24.3 Å². The molecule has 0 bridgehead atoms. The highest BCUT2D eigenvalue weighted by molar-refractivity contribution is 7.21. The molecule has 0 aliphatic rings. The smallest absolute Gasteiger partial charge is 0.416 e. The highest BCUT2D eigenvalue weighted by Crippen LogP contribution is 2.39. The third-order valence-corrected chi connectivity index (χ3v) is 5.40. The van der Waals surface area contributed by atoms with Crippen LogP contribution in [0.4, 0.5) is 22.0 Å². The second-order valence-corrected chi connectivity index (χ2v) is 7.09. The van der Waals surface area contributed by atoms with E-state index in [0.29, 0.717) is 10.9 Å². The van der Waals surface area contributed by atoms with Crippen LogP contribution < -0.4 is 10.1 Å². The summed E-state index contributed by atoms with van der Waals surface area (Å²) in [5.74, 6) is -0.638. The van der Waals surface area contributed by atoms with E-state index < -0.39 is 24.3 Å². The Bertz CT molecular complexity index is 1020. The van der Waals surface area contributed by atoms with Gasteiger partial charge in [0.1, 0.15) is 10.6 Å². The molecular formula is C18H11ClF5NO2S. The second-order valence-electron chi connectivity index (χ2n) is 5.66. The maximum Gasteiger partial charge on any atom is 0.416 e. The molecule has 0 saturated heterocycles. The minimum atomic E-state index is -4.50. The minimum absolute atomic E-state index is 0.00233. The van der Waals surface area contributed by atoms with Gasteiger partial charge in [0.15, 0.2) is 0 Å². The molecule has 0 spiro atoms. The van der Waals surface area contributed by atoms with E-state index >= 15 is 0 Å². The molecule has 1 N–H and O–H groups in total. The van der Waals surface area contributed by atoms with E-state index in [0.717, 1.165) is 23.5 Å². The van der Waals surface area contributed by atoms with Crippen molar-refractivity contribution < 1.29 is 31.5 Å². The molecule has 0 aliphatic carbocycles. The predicted octanol–water partition coefficient (Wildman–Crippen LogP) is 6.10. The molecule has 3 nitrogen and oxygen atoms in total. The van der Waals surface area contributed by atoms with Gasteiger partial charge in [-0.1, -0.05) is 29.8 Å². The van der Waals surface area contributed by atoms with E-state index in [1.807, 2.05) is 0 Å². The van der Waals surface area contributed by atoms with Gasteiger partial charge in [0.2, 0.25) is 0 Å². The van der Waals surface area contributed by atoms with Crippen molar-refractivity contribution in [3.05, 3.63) is 63.5 Å². The Balaban J connectivity index is 1.77. The highest BCUT2D eigenvalue weighted by atomic mass is 35.5. The number of rotatable bonds is 5. The molecule has 0 saturated carbocycles. The SMILES string of the molecule is O=C(NCc1cccc(OC(F)F)c1)c1sc2cc(C(F)(F)F)ccc2c1Cl. The lowest BCUT2D eigenvalue weighted by Gasteiger charge is -2.08. The molecule has 1 heterocycles. The van der Waals surface area contributed by atoms with Crippen molar-refractivity contribution in [1.29, 1.82) is 0 Å². The summed E-state index contributed by atoms with van der Waals surface area (Å²) in [6, 6.07) is 8.84. The van der Waals surface area contributed by atoms with Crippen LogP contribution >= 0.6 is 22.9 Å². The highest BCUT2D eigenvalue weighted by Gasteiger charge is 2.31. The number of hydrogen-bond acceptors (Lipinski definition) is 3. The van der Waals surface area contributed by atoms with Gasteiger partial charge >= 0.3 is 12.8 Å². The zero-order valence-electron chi connectivity index (χ0n) is 13.8. The lowest BCUT2D eigenvalue weighted by atomic mass is 10.1. The first kappa shape index (κ1) is 20.3. The average molecular weight is 436 g/mol. The van der Waals surface area contributed by atoms with Crippen molar-refractivity contribution in [3.63, 3.8) is 0 Å². The van der Waals surface area contributed by atoms with Gasteiger partial charge < -0.3 is 10.1 Å². The molecule has 0 radical (unpaired) electrons. The van der Waals surface area contributed by atoms with Gasteiger partial charge in [-0.3, -0.25) is 4.79 Å². The Morgan fingerprint density at radius 3 is 2.61 bits per heavy atom. The summed E-state index contributed by atoms with van der Waals surface area (Å²) in [5, 5.41) is 2.97. The van der Waals surface area contributed by atoms with Gasteiger partial charge in [-0.25, -0.2) is 0 Å². The summed E-state index contributed by atoms with van der Waals surface area (Å²) in [6.07, 6.45) is -4.50. The first-order valence-electron chi connectivity index (χ1n) is 7.76. The second kappa shape index (κ2) is 7.92. The number of fused-ring (bicyclic) bond motifs is 1. The van der Waals surface area contributed by atoms with Gasteiger partial charge in [-0.15, -0.1) is 11.3 Å². The standard InChI is InChI=1S/C18H11ClF5NO2S/c19-14-12-5-4-10(18(22,23)24)7-13(12)28-15(14)16(26)25-8-9-2-1-3-11(6-9)27-17(20)21/h1-7,17H,8H2,(H,25,26). The van der Waals surface area contributed by atoms with E-state index in [1.54, 1.807) is 6.07 Å². The number of carbonyl (C=O) groups excluding carboxylic acids is 1. The van der Waals surface area contributed by atoms with E-state index in [9.17, 15) is 26.7 Å². The summed E-state index contributed by atoms with van der Waals surface area (Å²) in [4.78, 5) is 12.5. The van der Waals surface area contributed by atoms with Gasteiger partial charge in [0, 0.05) is 16.6 Å². The maximum atomic E-state index is 12.8. The normalized spacial score (nSPS) is 11.8. The van der Waals surface area contributed by atoms with Crippen molar-refractivity contribution in [3.8, 4) is 5.75 Å². The fourth-order valence-corrected chi connectivity index (χ4v) is 3.95. The third-order valence-electron chi connectivity index (χ3n) is 3.74. The predicted molar refractivity (Wildman–Crippen MR) is 96.1 cm³/mol. The van der Waals surface area contributed by atoms with Crippen LogP contribution in [0.15, 0.2) is 42.5 Å². The Kier molecular flexibility index (Phi) is 5.76. The van der Waals surface area contributed by atoms with E-state index in [2.05, 4.69) is 10.1 Å². The summed E-state index contributed by atoms with van der Waals surface area (Å²) < 4.78 is 67.6. The fourth-order valence-electron chi connectivity index (χ4n) is 2.48. The molecule has 0 fully saturated rings. The van der Waals surface area contributed by atoms with Crippen LogP contribution in [-0.4, -0.2) is 12.5 Å². The van der Waals surface area contributed by atoms with Crippen LogP contribution in [0.5, 0.6) is 5.75 Å². The number of carbonyl (C=O) groups is 1. The fraction of sp³-hybridized carbons (Fsp3) is 0.167. The molecule has 0 atom stereocenters. The van der Waals surface area contributed by atoms with Crippen LogP contribution in [0.25, 0.3) is 10.1 Å². The van der Waals surface area contributed by atoms with E-state index in [-0.39, 0.29) is 26.9 Å². The molecule has 148 valence electrons. The number of alkyl halides is 5. The largest absolute Gasteiger partial charge is 0.435 e. The summed E-state index contributed by atoms with van der Waals surface area (Å²) >= 11 is 6.99. The minimum Gasteiger partial charge on any atom is -0.435 e. The number of nitrogens with one attached hydrogen (secondary N) is 1. The molecule has 0 aliphatic heterocycles. The molecule has 28 heavy (non-hydrogen) atoms. The molecule has 1 aromatic heterocycles. The van der Waals surface area contributed by atoms with Crippen molar-refractivity contribution in [2.24, 2.45) is 0 Å². The average Bonchev–Trinajstić information content (AvgIpc) is 2.95. The van der Waals surface area contributed by atoms with Gasteiger partial charge in [0.25, 0.3) is 5.91 Å². The third kappa shape index (κ3) is 4.53. The Morgan fingerprint density at radius 1 is 1.18 bits per heavy atom. The zero-order valence-corrected chi connectivity index (χ0v) is 15.4. The lowest BCUT2D eigenvalue weighted by Crippen LogP contribution is -2.22. The lowest BCUT2D eigenvalue weighted by molar-refractivity contribution is -0.137. The van der Waals surface area contributed by atoms with Crippen molar-refractivity contribution >= 4 is 38.9 Å². The van der Waals surface area contributed by atoms with Crippen LogP contribution in [0.3, 0.4) is 0 Å². The molecule has 2 aromatic carbocycles. The van der Waals surface area contributed by atoms with Crippen molar-refractivity contribution in [2.75, 3.05) is 0 Å². The van der Waals surface area contributed by atoms with Crippen molar-refractivity contribution in [2.45, 2.75) is 19.3 Å². The van der Waals surface area contributed by atoms with E-state index in [4.69, 9.17) is 11.6 Å². The maximum absolute atomic E-state index is 12.8. The molecule has 3 aromatic rings. The van der Waals surface area contributed by atoms with Crippen LogP contribution in [0, 0.1) is 0 Å². The van der Waals surface area contributed by atoms with Crippen LogP contribution in [-0.2, 0) is 12.7 Å². The van der Waals surface area contributed by atoms with Gasteiger partial charge in [-0.05, 0) is 29.8 Å². The topological polar surface area (TPSA) is 38.3 Å². The van der Waals surface area contributed by atoms with Crippen molar-refractivity contribution in [1.82, 2.24) is 5.32 Å². The molecule has 0 unspecified atom stereocenters. The Morgan fingerprint density at radius 2 is 1.93 bits per heavy atom. The quantitative estimate of drug-likeness (QED) is 0.491.